The van der Waals surface area contributed by atoms with E-state index in [0.29, 0.717) is 31.8 Å². The highest BCUT2D eigenvalue weighted by Gasteiger charge is 2.28. The fourth-order valence-electron chi connectivity index (χ4n) is 3.92. The van der Waals surface area contributed by atoms with E-state index in [4.69, 9.17) is 10.5 Å². The fourth-order valence-corrected chi connectivity index (χ4v) is 3.92. The number of ether oxygens (including phenoxy) is 1. The van der Waals surface area contributed by atoms with Crippen LogP contribution in [0.2, 0.25) is 0 Å². The van der Waals surface area contributed by atoms with Gasteiger partial charge in [0.2, 0.25) is 11.8 Å². The number of carbonyl (C=O) groups excluding carboxylic acids is 2. The fraction of sp³-hybridized carbons (Fsp3) is 0.625. The summed E-state index contributed by atoms with van der Waals surface area (Å²) >= 11 is 0. The molecule has 35 heavy (non-hydrogen) atoms. The van der Waals surface area contributed by atoms with Crippen LogP contribution in [0.1, 0.15) is 69.8 Å². The Kier molecular flexibility index (Phi) is 9.70. The molecular weight excluding hydrogens is 450 g/mol. The lowest BCUT2D eigenvalue weighted by atomic mass is 9.93. The Labute approximate surface area is 205 Å². The van der Waals surface area contributed by atoms with Gasteiger partial charge in [0.05, 0.1) is 24.9 Å². The molecule has 11 heteroatoms. The number of nitrogens with one attached hydrogen (secondary N) is 2. The van der Waals surface area contributed by atoms with E-state index in [2.05, 4.69) is 26.2 Å². The van der Waals surface area contributed by atoms with Crippen LogP contribution in [0.4, 0.5) is 0 Å². The first-order valence-electron chi connectivity index (χ1n) is 12.2. The number of amides is 2. The van der Waals surface area contributed by atoms with E-state index >= 15 is 0 Å². The van der Waals surface area contributed by atoms with E-state index in [-0.39, 0.29) is 30.6 Å². The average Bonchev–Trinajstić information content (AvgIpc) is 3.28. The minimum Gasteiger partial charge on any atom is -0.393 e. The number of hydrogen-bond acceptors (Lipinski definition) is 8. The summed E-state index contributed by atoms with van der Waals surface area (Å²) in [5, 5.41) is 27.5. The van der Waals surface area contributed by atoms with Gasteiger partial charge >= 0.3 is 0 Å². The molecule has 0 bridgehead atoms. The summed E-state index contributed by atoms with van der Waals surface area (Å²) in [6, 6.07) is 9.24. The molecule has 0 radical (unpaired) electrons. The maximum atomic E-state index is 12.6. The summed E-state index contributed by atoms with van der Waals surface area (Å²) in [7, 11) is 0. The van der Waals surface area contributed by atoms with Crippen molar-refractivity contribution in [2.75, 3.05) is 6.61 Å². The molecule has 1 saturated carbocycles. The van der Waals surface area contributed by atoms with Crippen molar-refractivity contribution < 1.29 is 19.4 Å². The Morgan fingerprint density at radius 1 is 1.23 bits per heavy atom. The maximum absolute atomic E-state index is 12.6. The van der Waals surface area contributed by atoms with E-state index < -0.39 is 11.6 Å². The molecule has 2 aromatic rings. The predicted molar refractivity (Wildman–Crippen MR) is 129 cm³/mol. The number of nitrogens with two attached hydrogens (primary N) is 1. The lowest BCUT2D eigenvalue weighted by Gasteiger charge is -2.26. The van der Waals surface area contributed by atoms with Crippen LogP contribution < -0.4 is 16.4 Å². The van der Waals surface area contributed by atoms with Crippen molar-refractivity contribution in [2.45, 2.75) is 89.3 Å². The number of aliphatic hydroxyl groups excluding tert-OH is 1. The number of rotatable bonds is 12. The van der Waals surface area contributed by atoms with Gasteiger partial charge in [-0.3, -0.25) is 9.59 Å². The second-order valence-electron chi connectivity index (χ2n) is 9.69. The molecule has 1 heterocycles. The molecule has 192 valence electrons. The number of nitrogens with zero attached hydrogens (tertiary/aromatic N) is 4. The molecule has 1 fully saturated rings. The van der Waals surface area contributed by atoms with Crippen molar-refractivity contribution in [2.24, 2.45) is 5.73 Å². The third-order valence-corrected chi connectivity index (χ3v) is 5.99. The van der Waals surface area contributed by atoms with Crippen LogP contribution in [0.5, 0.6) is 0 Å². The SMILES string of the molecule is CC(C)(N)C(=O)N[C@H](COCc1ccccc1)c1nnnn1CCCC(=O)NC1CCC(O)CC1. The molecule has 1 aliphatic carbocycles. The zero-order valence-corrected chi connectivity index (χ0v) is 20.5. The van der Waals surface area contributed by atoms with E-state index in [1.54, 1.807) is 18.5 Å². The zero-order chi connectivity index (χ0) is 25.3. The minimum absolute atomic E-state index is 0.0260. The van der Waals surface area contributed by atoms with Crippen molar-refractivity contribution in [3.05, 3.63) is 41.7 Å². The predicted octanol–water partition coefficient (Wildman–Crippen LogP) is 0.984. The number of tetrazole rings is 1. The van der Waals surface area contributed by atoms with Crippen molar-refractivity contribution in [1.29, 1.82) is 0 Å². The highest BCUT2D eigenvalue weighted by molar-refractivity contribution is 5.85. The zero-order valence-electron chi connectivity index (χ0n) is 20.5. The topological polar surface area (TPSA) is 157 Å². The first kappa shape index (κ1) is 26.7. The van der Waals surface area contributed by atoms with Gasteiger partial charge in [0.15, 0.2) is 5.82 Å². The molecule has 11 nitrogen and oxygen atoms in total. The van der Waals surface area contributed by atoms with Crippen molar-refractivity contribution in [1.82, 2.24) is 30.8 Å². The molecular formula is C24H37N7O4. The van der Waals surface area contributed by atoms with E-state index in [0.717, 1.165) is 31.2 Å². The van der Waals surface area contributed by atoms with Gasteiger partial charge in [-0.25, -0.2) is 4.68 Å². The van der Waals surface area contributed by atoms with Crippen LogP contribution in [0, 0.1) is 0 Å². The van der Waals surface area contributed by atoms with E-state index in [9.17, 15) is 14.7 Å². The summed E-state index contributed by atoms with van der Waals surface area (Å²) in [6.07, 6.45) is 3.65. The first-order chi connectivity index (χ1) is 16.7. The smallest absolute Gasteiger partial charge is 0.240 e. The van der Waals surface area contributed by atoms with Gasteiger partial charge in [-0.1, -0.05) is 30.3 Å². The summed E-state index contributed by atoms with van der Waals surface area (Å²) in [5.41, 5.74) is 5.90. The summed E-state index contributed by atoms with van der Waals surface area (Å²) in [5.74, 6) is 0.0663. The molecule has 3 rings (SSSR count). The minimum atomic E-state index is -1.08. The molecule has 0 saturated heterocycles. The first-order valence-corrected chi connectivity index (χ1v) is 12.2. The lowest BCUT2D eigenvalue weighted by Crippen LogP contribution is -2.51. The summed E-state index contributed by atoms with van der Waals surface area (Å²) in [6.45, 7) is 4.19. The Hall–Kier alpha value is -2.89. The molecule has 2 amide bonds. The molecule has 0 unspecified atom stereocenters. The van der Waals surface area contributed by atoms with Gasteiger partial charge in [-0.2, -0.15) is 0 Å². The molecule has 1 atom stereocenters. The van der Waals surface area contributed by atoms with Gasteiger partial charge in [0.25, 0.3) is 0 Å². The van der Waals surface area contributed by atoms with Crippen LogP contribution in [0.3, 0.4) is 0 Å². The number of aromatic nitrogens is 4. The van der Waals surface area contributed by atoms with Crippen LogP contribution >= 0.6 is 0 Å². The largest absolute Gasteiger partial charge is 0.393 e. The lowest BCUT2D eigenvalue weighted by molar-refractivity contribution is -0.126. The van der Waals surface area contributed by atoms with Gasteiger partial charge in [0, 0.05) is 19.0 Å². The van der Waals surface area contributed by atoms with Gasteiger partial charge < -0.3 is 26.2 Å². The highest BCUT2D eigenvalue weighted by atomic mass is 16.5. The molecule has 1 aromatic heterocycles. The van der Waals surface area contributed by atoms with Gasteiger partial charge in [0.1, 0.15) is 6.04 Å². The standard InChI is InChI=1S/C24H37N7O4/c1-24(2,25)23(34)27-20(16-35-15-17-7-4-3-5-8-17)22-28-29-30-31(22)14-6-9-21(33)26-18-10-12-19(32)13-11-18/h3-5,7-8,18-20,32H,6,9-16,25H2,1-2H3,(H,26,33)(H,27,34)/t18?,19?,20-/m1/s1. The van der Waals surface area contributed by atoms with E-state index in [1.165, 1.54) is 0 Å². The summed E-state index contributed by atoms with van der Waals surface area (Å²) < 4.78 is 7.45. The normalized spacial score (nSPS) is 19.2. The third kappa shape index (κ3) is 8.68. The Morgan fingerprint density at radius 2 is 1.94 bits per heavy atom. The molecule has 5 N–H and O–H groups in total. The molecule has 1 aromatic carbocycles. The highest BCUT2D eigenvalue weighted by Crippen LogP contribution is 2.18. The van der Waals surface area contributed by atoms with Crippen LogP contribution in [-0.2, 0) is 27.5 Å². The summed E-state index contributed by atoms with van der Waals surface area (Å²) in [4.78, 5) is 24.9. The monoisotopic (exact) mass is 487 g/mol. The number of benzene rings is 1. The van der Waals surface area contributed by atoms with Gasteiger partial charge in [-0.15, -0.1) is 5.10 Å². The number of aliphatic hydroxyl groups is 1. The van der Waals surface area contributed by atoms with Crippen LogP contribution in [0.25, 0.3) is 0 Å². The van der Waals surface area contributed by atoms with Crippen LogP contribution in [-0.4, -0.2) is 61.4 Å². The molecule has 0 aliphatic heterocycles. The molecule has 0 spiro atoms. The number of aryl methyl sites for hydroxylation is 1. The Balaban J connectivity index is 1.56. The second-order valence-corrected chi connectivity index (χ2v) is 9.69. The molecule has 1 aliphatic rings. The van der Waals surface area contributed by atoms with Gasteiger partial charge in [-0.05, 0) is 61.9 Å². The van der Waals surface area contributed by atoms with Crippen molar-refractivity contribution in [3.63, 3.8) is 0 Å². The Morgan fingerprint density at radius 3 is 2.63 bits per heavy atom. The Bertz CT molecular complexity index is 937. The van der Waals surface area contributed by atoms with Crippen molar-refractivity contribution >= 4 is 11.8 Å². The van der Waals surface area contributed by atoms with Crippen LogP contribution in [0.15, 0.2) is 30.3 Å². The van der Waals surface area contributed by atoms with E-state index in [1.807, 2.05) is 30.3 Å². The van der Waals surface area contributed by atoms with Crippen molar-refractivity contribution in [3.8, 4) is 0 Å². The maximum Gasteiger partial charge on any atom is 0.240 e. The third-order valence-electron chi connectivity index (χ3n) is 5.99. The quantitative estimate of drug-likeness (QED) is 0.345. The number of hydrogen-bond donors (Lipinski definition) is 4. The second kappa shape index (κ2) is 12.7. The average molecular weight is 488 g/mol. The number of carbonyl (C=O) groups is 2.